The standard InChI is InChI=1S/C11H9NO2S/c1-7-8(4-6-15-7)9-3-2-5-12-10(9)11(13)14/h2-6H,1H3,(H,13,14). The number of carbonyl (C=O) groups is 1. The summed E-state index contributed by atoms with van der Waals surface area (Å²) in [7, 11) is 0. The third-order valence-corrected chi connectivity index (χ3v) is 3.00. The van der Waals surface area contributed by atoms with Gasteiger partial charge in [-0.1, -0.05) is 6.07 Å². The van der Waals surface area contributed by atoms with Crippen molar-refractivity contribution in [2.75, 3.05) is 0 Å². The molecule has 76 valence electrons. The van der Waals surface area contributed by atoms with E-state index in [1.54, 1.807) is 23.5 Å². The van der Waals surface area contributed by atoms with E-state index in [0.717, 1.165) is 10.4 Å². The van der Waals surface area contributed by atoms with E-state index in [1.165, 1.54) is 6.20 Å². The second-order valence-electron chi connectivity index (χ2n) is 3.10. The van der Waals surface area contributed by atoms with Crippen LogP contribution in [0.3, 0.4) is 0 Å². The highest BCUT2D eigenvalue weighted by Gasteiger charge is 2.14. The molecule has 2 rings (SSSR count). The van der Waals surface area contributed by atoms with Crippen LogP contribution in [-0.2, 0) is 0 Å². The Morgan fingerprint density at radius 3 is 2.80 bits per heavy atom. The van der Waals surface area contributed by atoms with Gasteiger partial charge < -0.3 is 5.11 Å². The maximum Gasteiger partial charge on any atom is 0.355 e. The van der Waals surface area contributed by atoms with E-state index in [-0.39, 0.29) is 5.69 Å². The summed E-state index contributed by atoms with van der Waals surface area (Å²) in [5, 5.41) is 10.9. The second-order valence-corrected chi connectivity index (χ2v) is 4.22. The molecule has 15 heavy (non-hydrogen) atoms. The third kappa shape index (κ3) is 1.76. The first-order chi connectivity index (χ1) is 7.20. The zero-order valence-electron chi connectivity index (χ0n) is 8.10. The molecule has 0 unspecified atom stereocenters. The fraction of sp³-hybridized carbons (Fsp3) is 0.0909. The average molecular weight is 219 g/mol. The largest absolute Gasteiger partial charge is 0.476 e. The van der Waals surface area contributed by atoms with Gasteiger partial charge in [-0.3, -0.25) is 0 Å². The van der Waals surface area contributed by atoms with E-state index in [2.05, 4.69) is 4.98 Å². The molecule has 0 aliphatic heterocycles. The number of hydrogen-bond acceptors (Lipinski definition) is 3. The maximum absolute atomic E-state index is 11.0. The number of pyridine rings is 1. The third-order valence-electron chi connectivity index (χ3n) is 2.16. The Hall–Kier alpha value is -1.68. The van der Waals surface area contributed by atoms with Crippen molar-refractivity contribution < 1.29 is 9.90 Å². The summed E-state index contributed by atoms with van der Waals surface area (Å²) in [5.74, 6) is -0.990. The van der Waals surface area contributed by atoms with E-state index in [1.807, 2.05) is 18.4 Å². The predicted octanol–water partition coefficient (Wildman–Crippen LogP) is 2.82. The van der Waals surface area contributed by atoms with E-state index in [9.17, 15) is 4.79 Å². The molecule has 0 aliphatic rings. The molecule has 4 heteroatoms. The number of hydrogen-bond donors (Lipinski definition) is 1. The van der Waals surface area contributed by atoms with Gasteiger partial charge in [0.1, 0.15) is 0 Å². The molecule has 0 radical (unpaired) electrons. The summed E-state index contributed by atoms with van der Waals surface area (Å²) in [6.07, 6.45) is 1.49. The van der Waals surface area contributed by atoms with Crippen molar-refractivity contribution in [3.8, 4) is 11.1 Å². The molecule has 0 amide bonds. The number of carboxylic acid groups (broad SMARTS) is 1. The molecule has 2 heterocycles. The van der Waals surface area contributed by atoms with Crippen LogP contribution in [0.5, 0.6) is 0 Å². The van der Waals surface area contributed by atoms with Crippen molar-refractivity contribution in [2.24, 2.45) is 0 Å². The Kier molecular flexibility index (Phi) is 2.51. The minimum atomic E-state index is -0.990. The summed E-state index contributed by atoms with van der Waals surface area (Å²) in [6.45, 7) is 1.97. The second kappa shape index (κ2) is 3.82. The van der Waals surface area contributed by atoms with Crippen LogP contribution in [-0.4, -0.2) is 16.1 Å². The molecule has 0 atom stereocenters. The normalized spacial score (nSPS) is 10.2. The Balaban J connectivity index is 2.63. The van der Waals surface area contributed by atoms with E-state index < -0.39 is 5.97 Å². The van der Waals surface area contributed by atoms with Crippen molar-refractivity contribution in [3.63, 3.8) is 0 Å². The number of carboxylic acids is 1. The smallest absolute Gasteiger partial charge is 0.355 e. The van der Waals surface area contributed by atoms with Crippen LogP contribution in [0.2, 0.25) is 0 Å². The molecule has 1 N–H and O–H groups in total. The first-order valence-electron chi connectivity index (χ1n) is 4.43. The fourth-order valence-corrected chi connectivity index (χ4v) is 2.17. The number of aromatic nitrogens is 1. The predicted molar refractivity (Wildman–Crippen MR) is 59.2 cm³/mol. The van der Waals surface area contributed by atoms with Gasteiger partial charge in [0.2, 0.25) is 0 Å². The fourth-order valence-electron chi connectivity index (χ4n) is 1.46. The van der Waals surface area contributed by atoms with E-state index in [4.69, 9.17) is 5.11 Å². The van der Waals surface area contributed by atoms with Gasteiger partial charge in [-0.15, -0.1) is 11.3 Å². The van der Waals surface area contributed by atoms with Crippen LogP contribution in [0, 0.1) is 6.92 Å². The zero-order valence-corrected chi connectivity index (χ0v) is 8.91. The lowest BCUT2D eigenvalue weighted by molar-refractivity contribution is 0.0691. The van der Waals surface area contributed by atoms with Crippen LogP contribution >= 0.6 is 11.3 Å². The molecule has 0 saturated carbocycles. The van der Waals surface area contributed by atoms with E-state index in [0.29, 0.717) is 5.56 Å². The molecule has 0 fully saturated rings. The van der Waals surface area contributed by atoms with Crippen molar-refractivity contribution in [1.82, 2.24) is 4.98 Å². The highest BCUT2D eigenvalue weighted by atomic mass is 32.1. The van der Waals surface area contributed by atoms with Gasteiger partial charge in [0.25, 0.3) is 0 Å². The highest BCUT2D eigenvalue weighted by molar-refractivity contribution is 7.10. The van der Waals surface area contributed by atoms with Crippen molar-refractivity contribution in [2.45, 2.75) is 6.92 Å². The molecular formula is C11H9NO2S. The Morgan fingerprint density at radius 2 is 2.20 bits per heavy atom. The zero-order chi connectivity index (χ0) is 10.8. The number of nitrogens with zero attached hydrogens (tertiary/aromatic N) is 1. The van der Waals surface area contributed by atoms with Gasteiger partial charge in [-0.2, -0.15) is 0 Å². The van der Waals surface area contributed by atoms with Gasteiger partial charge in [0, 0.05) is 16.6 Å². The molecule has 3 nitrogen and oxygen atoms in total. The highest BCUT2D eigenvalue weighted by Crippen LogP contribution is 2.29. The number of thiophene rings is 1. The van der Waals surface area contributed by atoms with Crippen LogP contribution in [0.4, 0.5) is 0 Å². The molecule has 0 aromatic carbocycles. The SMILES string of the molecule is Cc1sccc1-c1cccnc1C(=O)O. The van der Waals surface area contributed by atoms with Crippen molar-refractivity contribution in [1.29, 1.82) is 0 Å². The Bertz CT molecular complexity index is 505. The monoisotopic (exact) mass is 219 g/mol. The van der Waals surface area contributed by atoms with Crippen LogP contribution in [0.15, 0.2) is 29.8 Å². The van der Waals surface area contributed by atoms with Gasteiger partial charge in [0.05, 0.1) is 0 Å². The van der Waals surface area contributed by atoms with Crippen LogP contribution < -0.4 is 0 Å². The molecule has 0 aliphatic carbocycles. The minimum absolute atomic E-state index is 0.110. The Labute approximate surface area is 91.0 Å². The Morgan fingerprint density at radius 1 is 1.40 bits per heavy atom. The van der Waals surface area contributed by atoms with Crippen LogP contribution in [0.1, 0.15) is 15.4 Å². The molecule has 2 aromatic rings. The van der Waals surface area contributed by atoms with Crippen molar-refractivity contribution >= 4 is 17.3 Å². The molecule has 0 saturated heterocycles. The molecule has 2 aromatic heterocycles. The first-order valence-corrected chi connectivity index (χ1v) is 5.31. The lowest BCUT2D eigenvalue weighted by atomic mass is 10.1. The number of aromatic carboxylic acids is 1. The minimum Gasteiger partial charge on any atom is -0.476 e. The summed E-state index contributed by atoms with van der Waals surface area (Å²) >= 11 is 1.60. The summed E-state index contributed by atoms with van der Waals surface area (Å²) in [4.78, 5) is 16.0. The first kappa shape index (κ1) is 9.86. The average Bonchev–Trinajstić information content (AvgIpc) is 2.64. The van der Waals surface area contributed by atoms with Crippen molar-refractivity contribution in [3.05, 3.63) is 40.3 Å². The summed E-state index contributed by atoms with van der Waals surface area (Å²) < 4.78 is 0. The number of aryl methyl sites for hydroxylation is 1. The van der Waals surface area contributed by atoms with E-state index >= 15 is 0 Å². The van der Waals surface area contributed by atoms with Gasteiger partial charge in [-0.25, -0.2) is 9.78 Å². The molecular weight excluding hydrogens is 210 g/mol. The lowest BCUT2D eigenvalue weighted by Crippen LogP contribution is -2.02. The van der Waals surface area contributed by atoms with Crippen LogP contribution in [0.25, 0.3) is 11.1 Å². The summed E-state index contributed by atoms with van der Waals surface area (Å²) in [5.41, 5.74) is 1.74. The summed E-state index contributed by atoms with van der Waals surface area (Å²) in [6, 6.07) is 5.45. The maximum atomic E-state index is 11.0. The molecule has 0 bridgehead atoms. The van der Waals surface area contributed by atoms with Gasteiger partial charge in [0.15, 0.2) is 5.69 Å². The van der Waals surface area contributed by atoms with Gasteiger partial charge >= 0.3 is 5.97 Å². The lowest BCUT2D eigenvalue weighted by Gasteiger charge is -2.03. The quantitative estimate of drug-likeness (QED) is 0.844. The topological polar surface area (TPSA) is 50.2 Å². The number of rotatable bonds is 2. The molecule has 0 spiro atoms. The van der Waals surface area contributed by atoms with Gasteiger partial charge in [-0.05, 0) is 30.0 Å².